The van der Waals surface area contributed by atoms with Gasteiger partial charge in [-0.2, -0.15) is 0 Å². The highest BCUT2D eigenvalue weighted by Crippen LogP contribution is 2.42. The summed E-state index contributed by atoms with van der Waals surface area (Å²) in [7, 11) is 2.25. The van der Waals surface area contributed by atoms with Gasteiger partial charge in [0, 0.05) is 37.2 Å². The lowest BCUT2D eigenvalue weighted by molar-refractivity contribution is -0.123. The molecule has 0 radical (unpaired) electrons. The van der Waals surface area contributed by atoms with Crippen LogP contribution in [-0.4, -0.2) is 49.8 Å². The Labute approximate surface area is 119 Å². The largest absolute Gasteiger partial charge is 0.377 e. The topological polar surface area (TPSA) is 24.5 Å². The lowest BCUT2D eigenvalue weighted by Gasteiger charge is -2.52. The summed E-state index contributed by atoms with van der Waals surface area (Å²) >= 11 is 0. The van der Waals surface area contributed by atoms with Gasteiger partial charge in [0.05, 0.1) is 6.10 Å². The van der Waals surface area contributed by atoms with Gasteiger partial charge < -0.3 is 15.0 Å². The molecule has 3 nitrogen and oxygen atoms in total. The minimum absolute atomic E-state index is 0.285. The van der Waals surface area contributed by atoms with E-state index in [0.29, 0.717) is 18.1 Å². The zero-order valence-corrected chi connectivity index (χ0v) is 13.4. The number of hydrogen-bond donors (Lipinski definition) is 1. The van der Waals surface area contributed by atoms with Gasteiger partial charge in [0.15, 0.2) is 0 Å². The fraction of sp³-hybridized carbons (Fsp3) is 1.00. The van der Waals surface area contributed by atoms with E-state index in [4.69, 9.17) is 4.74 Å². The van der Waals surface area contributed by atoms with Crippen molar-refractivity contribution in [1.29, 1.82) is 0 Å². The van der Waals surface area contributed by atoms with Crippen molar-refractivity contribution in [1.82, 2.24) is 10.2 Å². The molecule has 0 aliphatic heterocycles. The molecule has 0 saturated heterocycles. The predicted molar refractivity (Wildman–Crippen MR) is 80.4 cm³/mol. The second-order valence-electron chi connectivity index (χ2n) is 7.49. The summed E-state index contributed by atoms with van der Waals surface area (Å²) < 4.78 is 6.01. The summed E-state index contributed by atoms with van der Waals surface area (Å²) in [6, 6.07) is 1.50. The summed E-state index contributed by atoms with van der Waals surface area (Å²) in [6.07, 6.45) is 4.41. The molecule has 0 aromatic carbocycles. The second-order valence-corrected chi connectivity index (χ2v) is 7.49. The average Bonchev–Trinajstić information content (AvgIpc) is 3.15. The number of rotatable bonds is 8. The SMILES string of the molecule is CC(C)COC1CC(NCCN(C)C2CC2)C1(C)C. The third-order valence-corrected chi connectivity index (χ3v) is 4.83. The van der Waals surface area contributed by atoms with E-state index in [2.05, 4.69) is 45.0 Å². The van der Waals surface area contributed by atoms with Gasteiger partial charge in [0.25, 0.3) is 0 Å². The molecule has 0 aromatic rings. The van der Waals surface area contributed by atoms with Crippen LogP contribution >= 0.6 is 0 Å². The Hall–Kier alpha value is -0.120. The number of hydrogen-bond acceptors (Lipinski definition) is 3. The molecule has 0 aromatic heterocycles. The molecular formula is C16H32N2O. The summed E-state index contributed by atoms with van der Waals surface area (Å²) in [5.41, 5.74) is 0.285. The Morgan fingerprint density at radius 3 is 2.53 bits per heavy atom. The first-order valence-electron chi connectivity index (χ1n) is 7.96. The molecule has 0 bridgehead atoms. The van der Waals surface area contributed by atoms with Crippen LogP contribution in [0.3, 0.4) is 0 Å². The number of ether oxygens (including phenoxy) is 1. The maximum Gasteiger partial charge on any atom is 0.0656 e. The molecule has 2 aliphatic carbocycles. The normalized spacial score (nSPS) is 29.8. The second kappa shape index (κ2) is 6.11. The third-order valence-electron chi connectivity index (χ3n) is 4.83. The Morgan fingerprint density at radius 1 is 1.32 bits per heavy atom. The van der Waals surface area contributed by atoms with Crippen LogP contribution in [-0.2, 0) is 4.74 Å². The van der Waals surface area contributed by atoms with Gasteiger partial charge in [0.1, 0.15) is 0 Å². The quantitative estimate of drug-likeness (QED) is 0.732. The molecule has 19 heavy (non-hydrogen) atoms. The number of nitrogens with zero attached hydrogens (tertiary/aromatic N) is 1. The minimum atomic E-state index is 0.285. The van der Waals surface area contributed by atoms with E-state index < -0.39 is 0 Å². The molecule has 3 heteroatoms. The van der Waals surface area contributed by atoms with E-state index in [1.54, 1.807) is 0 Å². The monoisotopic (exact) mass is 268 g/mol. The van der Waals surface area contributed by atoms with Crippen molar-refractivity contribution >= 4 is 0 Å². The van der Waals surface area contributed by atoms with Crippen LogP contribution in [0.15, 0.2) is 0 Å². The Kier molecular flexibility index (Phi) is 4.91. The molecular weight excluding hydrogens is 236 g/mol. The molecule has 2 unspecified atom stereocenters. The van der Waals surface area contributed by atoms with Crippen molar-refractivity contribution in [3.05, 3.63) is 0 Å². The first kappa shape index (κ1) is 15.3. The lowest BCUT2D eigenvalue weighted by atomic mass is 9.64. The zero-order valence-electron chi connectivity index (χ0n) is 13.4. The minimum Gasteiger partial charge on any atom is -0.377 e. The summed E-state index contributed by atoms with van der Waals surface area (Å²) in [6.45, 7) is 12.3. The molecule has 2 atom stereocenters. The zero-order chi connectivity index (χ0) is 14.0. The first-order valence-corrected chi connectivity index (χ1v) is 7.96. The third kappa shape index (κ3) is 3.93. The lowest BCUT2D eigenvalue weighted by Crippen LogP contribution is -2.61. The van der Waals surface area contributed by atoms with E-state index in [9.17, 15) is 0 Å². The molecule has 0 amide bonds. The standard InChI is InChI=1S/C16H32N2O/c1-12(2)11-19-15-10-14(16(15,3)4)17-8-9-18(5)13-6-7-13/h12-15,17H,6-11H2,1-5H3. The van der Waals surface area contributed by atoms with Crippen molar-refractivity contribution in [2.45, 2.75) is 65.1 Å². The molecule has 2 saturated carbocycles. The number of nitrogens with one attached hydrogen (secondary N) is 1. The highest BCUT2D eigenvalue weighted by Gasteiger charge is 2.48. The van der Waals surface area contributed by atoms with Crippen LogP contribution < -0.4 is 5.32 Å². The van der Waals surface area contributed by atoms with E-state index in [1.807, 2.05) is 0 Å². The van der Waals surface area contributed by atoms with Crippen LogP contribution in [0.1, 0.15) is 47.0 Å². The molecule has 1 N–H and O–H groups in total. The molecule has 112 valence electrons. The Bertz CT molecular complexity index is 286. The Balaban J connectivity index is 1.62. The number of likely N-dealkylation sites (N-methyl/N-ethyl adjacent to an activating group) is 1. The van der Waals surface area contributed by atoms with Gasteiger partial charge in [-0.25, -0.2) is 0 Å². The molecule has 2 fully saturated rings. The van der Waals surface area contributed by atoms with Gasteiger partial charge in [-0.15, -0.1) is 0 Å². The fourth-order valence-electron chi connectivity index (χ4n) is 2.94. The van der Waals surface area contributed by atoms with Crippen LogP contribution in [0.4, 0.5) is 0 Å². The highest BCUT2D eigenvalue weighted by atomic mass is 16.5. The van der Waals surface area contributed by atoms with Crippen molar-refractivity contribution in [3.63, 3.8) is 0 Å². The van der Waals surface area contributed by atoms with Crippen LogP contribution in [0, 0.1) is 11.3 Å². The maximum atomic E-state index is 6.01. The van der Waals surface area contributed by atoms with Gasteiger partial charge in [-0.1, -0.05) is 27.7 Å². The fourth-order valence-corrected chi connectivity index (χ4v) is 2.94. The molecule has 0 heterocycles. The van der Waals surface area contributed by atoms with Crippen LogP contribution in [0.25, 0.3) is 0 Å². The van der Waals surface area contributed by atoms with E-state index in [0.717, 1.165) is 19.2 Å². The average molecular weight is 268 g/mol. The molecule has 2 aliphatic rings. The summed E-state index contributed by atoms with van der Waals surface area (Å²) in [5, 5.41) is 3.72. The van der Waals surface area contributed by atoms with Crippen LogP contribution in [0.5, 0.6) is 0 Å². The van der Waals surface area contributed by atoms with Gasteiger partial charge in [-0.05, 0) is 32.2 Å². The molecule has 2 rings (SSSR count). The smallest absolute Gasteiger partial charge is 0.0656 e. The maximum absolute atomic E-state index is 6.01. The van der Waals surface area contributed by atoms with Crippen molar-refractivity contribution in [2.24, 2.45) is 11.3 Å². The van der Waals surface area contributed by atoms with Gasteiger partial charge in [0.2, 0.25) is 0 Å². The van der Waals surface area contributed by atoms with Gasteiger partial charge in [-0.3, -0.25) is 0 Å². The Morgan fingerprint density at radius 2 is 2.00 bits per heavy atom. The van der Waals surface area contributed by atoms with E-state index in [1.165, 1.54) is 25.8 Å². The highest BCUT2D eigenvalue weighted by molar-refractivity contribution is 5.02. The van der Waals surface area contributed by atoms with Crippen molar-refractivity contribution in [2.75, 3.05) is 26.7 Å². The van der Waals surface area contributed by atoms with Crippen molar-refractivity contribution in [3.8, 4) is 0 Å². The van der Waals surface area contributed by atoms with E-state index >= 15 is 0 Å². The van der Waals surface area contributed by atoms with Crippen LogP contribution in [0.2, 0.25) is 0 Å². The van der Waals surface area contributed by atoms with E-state index in [-0.39, 0.29) is 5.41 Å². The molecule has 0 spiro atoms. The van der Waals surface area contributed by atoms with Crippen molar-refractivity contribution < 1.29 is 4.74 Å². The first-order chi connectivity index (χ1) is 8.91. The summed E-state index contributed by atoms with van der Waals surface area (Å²) in [4.78, 5) is 2.49. The predicted octanol–water partition coefficient (Wildman–Crippen LogP) is 2.51. The summed E-state index contributed by atoms with van der Waals surface area (Å²) in [5.74, 6) is 0.634. The van der Waals surface area contributed by atoms with Gasteiger partial charge >= 0.3 is 0 Å².